The second-order valence-electron chi connectivity index (χ2n) is 2.52. The van der Waals surface area contributed by atoms with Crippen LogP contribution in [0.25, 0.3) is 0 Å². The minimum absolute atomic E-state index is 0.0604. The number of hydrogen-bond acceptors (Lipinski definition) is 4. The Hall–Kier alpha value is -1.49. The zero-order chi connectivity index (χ0) is 9.68. The van der Waals surface area contributed by atoms with Gasteiger partial charge in [0.1, 0.15) is 0 Å². The average molecular weight is 181 g/mol. The first-order valence-electron chi connectivity index (χ1n) is 3.89. The van der Waals surface area contributed by atoms with Gasteiger partial charge in [0.25, 0.3) is 5.91 Å². The van der Waals surface area contributed by atoms with Crippen molar-refractivity contribution in [2.45, 2.75) is 0 Å². The predicted molar refractivity (Wildman–Crippen MR) is 46.1 cm³/mol. The van der Waals surface area contributed by atoms with Crippen LogP contribution in [0.15, 0.2) is 18.5 Å². The number of hydrogen-bond donors (Lipinski definition) is 1. The summed E-state index contributed by atoms with van der Waals surface area (Å²) >= 11 is 0. The molecular weight excluding hydrogens is 170 g/mol. The minimum Gasteiger partial charge on any atom is -0.395 e. The molecule has 0 fully saturated rings. The van der Waals surface area contributed by atoms with Crippen molar-refractivity contribution in [3.8, 4) is 0 Å². The highest BCUT2D eigenvalue weighted by molar-refractivity contribution is 5.90. The maximum absolute atomic E-state index is 11.4. The number of aromatic nitrogens is 2. The minimum atomic E-state index is -0.283. The summed E-state index contributed by atoms with van der Waals surface area (Å²) in [5.41, 5.74) is 0. The first kappa shape index (κ1) is 9.60. The Labute approximate surface area is 76.0 Å². The molecule has 5 heteroatoms. The number of likely N-dealkylation sites (N-methyl/N-ethyl adjacent to an activating group) is 1. The number of carbonyl (C=O) groups excluding carboxylic acids is 1. The summed E-state index contributed by atoms with van der Waals surface area (Å²) in [6.45, 7) is 0.228. The molecule has 1 aromatic heterocycles. The molecule has 1 aromatic rings. The number of amides is 1. The third kappa shape index (κ3) is 2.48. The van der Waals surface area contributed by atoms with Gasteiger partial charge >= 0.3 is 0 Å². The van der Waals surface area contributed by atoms with Crippen LogP contribution < -0.4 is 0 Å². The Kier molecular flexibility index (Phi) is 3.33. The maximum Gasteiger partial charge on any atom is 0.291 e. The molecule has 1 amide bonds. The van der Waals surface area contributed by atoms with E-state index in [-0.39, 0.29) is 24.9 Å². The number of carbonyl (C=O) groups is 1. The van der Waals surface area contributed by atoms with Gasteiger partial charge in [-0.2, -0.15) is 0 Å². The van der Waals surface area contributed by atoms with Crippen molar-refractivity contribution in [1.82, 2.24) is 14.9 Å². The monoisotopic (exact) mass is 181 g/mol. The number of nitrogens with zero attached hydrogens (tertiary/aromatic N) is 3. The first-order valence-corrected chi connectivity index (χ1v) is 3.89. The smallest absolute Gasteiger partial charge is 0.291 e. The van der Waals surface area contributed by atoms with Crippen molar-refractivity contribution in [3.63, 3.8) is 0 Å². The van der Waals surface area contributed by atoms with E-state index < -0.39 is 0 Å². The van der Waals surface area contributed by atoms with Crippen LogP contribution in [0.5, 0.6) is 0 Å². The molecule has 0 aliphatic carbocycles. The van der Waals surface area contributed by atoms with E-state index >= 15 is 0 Å². The molecule has 0 saturated heterocycles. The molecule has 70 valence electrons. The summed E-state index contributed by atoms with van der Waals surface area (Å²) in [5.74, 6) is -0.131. The van der Waals surface area contributed by atoms with E-state index in [9.17, 15) is 4.79 Å². The summed E-state index contributed by atoms with van der Waals surface area (Å²) in [7, 11) is 1.59. The Bertz CT molecular complexity index is 276. The SMILES string of the molecule is CN(CCO)C(=O)c1ncccn1. The van der Waals surface area contributed by atoms with Crippen LogP contribution in [0.3, 0.4) is 0 Å². The lowest BCUT2D eigenvalue weighted by atomic mass is 10.4. The molecule has 0 atom stereocenters. The quantitative estimate of drug-likeness (QED) is 0.685. The molecule has 0 bridgehead atoms. The van der Waals surface area contributed by atoms with Crippen LogP contribution in [0.4, 0.5) is 0 Å². The molecular formula is C8H11N3O2. The van der Waals surface area contributed by atoms with Crippen molar-refractivity contribution < 1.29 is 9.90 Å². The number of rotatable bonds is 3. The van der Waals surface area contributed by atoms with Crippen LogP contribution in [0.1, 0.15) is 10.6 Å². The fourth-order valence-electron chi connectivity index (χ4n) is 0.832. The highest BCUT2D eigenvalue weighted by Crippen LogP contribution is 1.94. The summed E-state index contributed by atoms with van der Waals surface area (Å²) in [6.07, 6.45) is 3.01. The summed E-state index contributed by atoms with van der Waals surface area (Å²) < 4.78 is 0. The standard InChI is InChI=1S/C8H11N3O2/c1-11(5-6-12)8(13)7-9-3-2-4-10-7/h2-4,12H,5-6H2,1H3. The van der Waals surface area contributed by atoms with Crippen LogP contribution in [-0.2, 0) is 0 Å². The van der Waals surface area contributed by atoms with Gasteiger partial charge in [0.05, 0.1) is 6.61 Å². The topological polar surface area (TPSA) is 66.3 Å². The lowest BCUT2D eigenvalue weighted by molar-refractivity contribution is 0.0755. The van der Waals surface area contributed by atoms with Crippen molar-refractivity contribution in [2.75, 3.05) is 20.2 Å². The summed E-state index contributed by atoms with van der Waals surface area (Å²) in [5, 5.41) is 8.60. The molecule has 5 nitrogen and oxygen atoms in total. The highest BCUT2D eigenvalue weighted by atomic mass is 16.3. The molecule has 1 rings (SSSR count). The van der Waals surface area contributed by atoms with Crippen molar-refractivity contribution in [2.24, 2.45) is 0 Å². The third-order valence-corrected chi connectivity index (χ3v) is 1.54. The largest absolute Gasteiger partial charge is 0.395 e. The van der Waals surface area contributed by atoms with Gasteiger partial charge in [-0.1, -0.05) is 0 Å². The van der Waals surface area contributed by atoms with Gasteiger partial charge in [-0.25, -0.2) is 9.97 Å². The molecule has 0 aliphatic heterocycles. The van der Waals surface area contributed by atoms with Gasteiger partial charge < -0.3 is 10.0 Å². The van der Waals surface area contributed by atoms with E-state index in [0.29, 0.717) is 0 Å². The molecule has 13 heavy (non-hydrogen) atoms. The maximum atomic E-state index is 11.4. The molecule has 1 N–H and O–H groups in total. The van der Waals surface area contributed by atoms with Gasteiger partial charge in [-0.3, -0.25) is 4.79 Å². The molecule has 0 aliphatic rings. The van der Waals surface area contributed by atoms with Crippen LogP contribution >= 0.6 is 0 Å². The summed E-state index contributed by atoms with van der Waals surface area (Å²) in [4.78, 5) is 20.4. The van der Waals surface area contributed by atoms with E-state index in [1.165, 1.54) is 17.3 Å². The van der Waals surface area contributed by atoms with Crippen molar-refractivity contribution >= 4 is 5.91 Å². The van der Waals surface area contributed by atoms with Gasteiger partial charge in [-0.15, -0.1) is 0 Å². The first-order chi connectivity index (χ1) is 6.25. The van der Waals surface area contributed by atoms with Gasteiger partial charge in [0.15, 0.2) is 0 Å². The second kappa shape index (κ2) is 4.51. The average Bonchev–Trinajstić information content (AvgIpc) is 2.18. The molecule has 0 unspecified atom stereocenters. The Morgan fingerprint density at radius 2 is 2.15 bits per heavy atom. The van der Waals surface area contributed by atoms with Crippen molar-refractivity contribution in [1.29, 1.82) is 0 Å². The Balaban J connectivity index is 2.68. The van der Waals surface area contributed by atoms with Crippen molar-refractivity contribution in [3.05, 3.63) is 24.3 Å². The normalized spacial score (nSPS) is 9.69. The lowest BCUT2D eigenvalue weighted by Gasteiger charge is -2.13. The number of aliphatic hydroxyl groups excluding tert-OH is 1. The van der Waals surface area contributed by atoms with E-state index in [2.05, 4.69) is 9.97 Å². The van der Waals surface area contributed by atoms with Gasteiger partial charge in [-0.05, 0) is 6.07 Å². The molecule has 0 spiro atoms. The molecule has 0 radical (unpaired) electrons. The fraction of sp³-hybridized carbons (Fsp3) is 0.375. The van der Waals surface area contributed by atoms with E-state index in [0.717, 1.165) is 0 Å². The molecule has 1 heterocycles. The fourth-order valence-corrected chi connectivity index (χ4v) is 0.832. The lowest BCUT2D eigenvalue weighted by Crippen LogP contribution is -2.30. The van der Waals surface area contributed by atoms with E-state index in [1.807, 2.05) is 0 Å². The number of aliphatic hydroxyl groups is 1. The van der Waals surface area contributed by atoms with E-state index in [4.69, 9.17) is 5.11 Å². The second-order valence-corrected chi connectivity index (χ2v) is 2.52. The Morgan fingerprint density at radius 3 is 2.69 bits per heavy atom. The van der Waals surface area contributed by atoms with E-state index in [1.54, 1.807) is 13.1 Å². The summed E-state index contributed by atoms with van der Waals surface area (Å²) in [6, 6.07) is 1.64. The zero-order valence-electron chi connectivity index (χ0n) is 7.34. The van der Waals surface area contributed by atoms with Gasteiger partial charge in [0, 0.05) is 26.0 Å². The van der Waals surface area contributed by atoms with Crippen LogP contribution in [-0.4, -0.2) is 46.1 Å². The predicted octanol–water partition coefficient (Wildman–Crippen LogP) is -0.459. The third-order valence-electron chi connectivity index (χ3n) is 1.54. The van der Waals surface area contributed by atoms with Crippen LogP contribution in [0, 0.1) is 0 Å². The molecule has 0 saturated carbocycles. The van der Waals surface area contributed by atoms with Crippen LogP contribution in [0.2, 0.25) is 0 Å². The molecule has 0 aromatic carbocycles. The van der Waals surface area contributed by atoms with Gasteiger partial charge in [0.2, 0.25) is 5.82 Å². The zero-order valence-corrected chi connectivity index (χ0v) is 7.34. The highest BCUT2D eigenvalue weighted by Gasteiger charge is 2.12. The Morgan fingerprint density at radius 1 is 1.54 bits per heavy atom.